The maximum absolute atomic E-state index is 13.0. The van der Waals surface area contributed by atoms with E-state index >= 15 is 0 Å². The number of pyridine rings is 1. The molecule has 1 saturated heterocycles. The second kappa shape index (κ2) is 9.21. The molecule has 1 N–H and O–H groups in total. The molecular formula is C24H29N3O2. The van der Waals surface area contributed by atoms with E-state index in [0.717, 1.165) is 58.0 Å². The van der Waals surface area contributed by atoms with Crippen molar-refractivity contribution in [3.8, 4) is 0 Å². The lowest BCUT2D eigenvalue weighted by molar-refractivity contribution is 0.0690. The van der Waals surface area contributed by atoms with Gasteiger partial charge in [-0.15, -0.1) is 0 Å². The Bertz CT molecular complexity index is 838. The van der Waals surface area contributed by atoms with Gasteiger partial charge in [0.1, 0.15) is 5.69 Å². The smallest absolute Gasteiger partial charge is 0.270 e. The highest BCUT2D eigenvalue weighted by atomic mass is 16.2. The molecule has 1 saturated carbocycles. The highest BCUT2D eigenvalue weighted by Crippen LogP contribution is 2.23. The van der Waals surface area contributed by atoms with Gasteiger partial charge in [-0.3, -0.25) is 14.6 Å². The van der Waals surface area contributed by atoms with Crippen LogP contribution in [0.15, 0.2) is 48.7 Å². The van der Waals surface area contributed by atoms with E-state index in [1.54, 1.807) is 18.3 Å². The van der Waals surface area contributed by atoms with E-state index in [1.807, 2.05) is 11.0 Å². The molecular weight excluding hydrogens is 362 g/mol. The van der Waals surface area contributed by atoms with Crippen LogP contribution in [0, 0.1) is 5.92 Å². The summed E-state index contributed by atoms with van der Waals surface area (Å²) >= 11 is 0. The van der Waals surface area contributed by atoms with E-state index in [4.69, 9.17) is 0 Å². The van der Waals surface area contributed by atoms with Crippen molar-refractivity contribution in [1.82, 2.24) is 15.2 Å². The number of hydrogen-bond donors (Lipinski definition) is 1. The van der Waals surface area contributed by atoms with Crippen LogP contribution < -0.4 is 5.32 Å². The first kappa shape index (κ1) is 19.6. The van der Waals surface area contributed by atoms with Gasteiger partial charge >= 0.3 is 0 Å². The van der Waals surface area contributed by atoms with Crippen LogP contribution in [0.1, 0.15) is 64.9 Å². The number of hydrogen-bond acceptors (Lipinski definition) is 3. The molecule has 0 atom stereocenters. The van der Waals surface area contributed by atoms with Gasteiger partial charge in [0.05, 0.1) is 0 Å². The second-order valence-corrected chi connectivity index (χ2v) is 8.31. The maximum Gasteiger partial charge on any atom is 0.270 e. The number of nitrogens with zero attached hydrogens (tertiary/aromatic N) is 2. The largest absolute Gasteiger partial charge is 0.348 e. The summed E-state index contributed by atoms with van der Waals surface area (Å²) in [5.41, 5.74) is 2.25. The Balaban J connectivity index is 1.33. The Labute approximate surface area is 172 Å². The first-order valence-electron chi connectivity index (χ1n) is 10.8. The summed E-state index contributed by atoms with van der Waals surface area (Å²) in [6, 6.07) is 14.1. The Hall–Kier alpha value is -2.69. The van der Waals surface area contributed by atoms with Crippen LogP contribution in [-0.4, -0.2) is 40.8 Å². The van der Waals surface area contributed by atoms with Crippen molar-refractivity contribution < 1.29 is 9.59 Å². The number of rotatable bonds is 5. The highest BCUT2D eigenvalue weighted by molar-refractivity contribution is 5.98. The Morgan fingerprint density at radius 3 is 2.45 bits per heavy atom. The van der Waals surface area contributed by atoms with Crippen LogP contribution in [-0.2, 0) is 6.42 Å². The maximum atomic E-state index is 13.0. The number of carbonyl (C=O) groups is 2. The normalized spacial score (nSPS) is 18.0. The van der Waals surface area contributed by atoms with Crippen LogP contribution >= 0.6 is 0 Å². The van der Waals surface area contributed by atoms with Gasteiger partial charge < -0.3 is 10.2 Å². The van der Waals surface area contributed by atoms with Gasteiger partial charge in [-0.2, -0.15) is 0 Å². The average Bonchev–Trinajstić information content (AvgIpc) is 3.28. The third kappa shape index (κ3) is 5.03. The van der Waals surface area contributed by atoms with Crippen molar-refractivity contribution in [1.29, 1.82) is 0 Å². The number of likely N-dealkylation sites (tertiary alicyclic amines) is 1. The van der Waals surface area contributed by atoms with Crippen LogP contribution in [0.25, 0.3) is 0 Å². The zero-order valence-corrected chi connectivity index (χ0v) is 16.8. The zero-order chi connectivity index (χ0) is 20.1. The molecule has 1 aromatic carbocycles. The molecule has 29 heavy (non-hydrogen) atoms. The molecule has 5 heteroatoms. The molecule has 2 aliphatic rings. The number of piperidine rings is 1. The molecule has 2 fully saturated rings. The molecule has 2 amide bonds. The Morgan fingerprint density at radius 1 is 1.00 bits per heavy atom. The molecule has 0 bridgehead atoms. The van der Waals surface area contributed by atoms with Gasteiger partial charge in [0.15, 0.2) is 0 Å². The number of benzene rings is 1. The number of carbonyl (C=O) groups excluding carboxylic acids is 2. The first-order valence-corrected chi connectivity index (χ1v) is 10.8. The summed E-state index contributed by atoms with van der Waals surface area (Å²) in [7, 11) is 0. The van der Waals surface area contributed by atoms with Crippen LogP contribution in [0.3, 0.4) is 0 Å². The van der Waals surface area contributed by atoms with E-state index in [1.165, 1.54) is 5.56 Å². The molecule has 1 aliphatic carbocycles. The standard InChI is InChI=1S/C24H29N3O2/c28-23(26-21-8-4-5-9-21)22-17-20(10-13-25-22)24(29)27-14-11-19(12-15-27)16-18-6-2-1-3-7-18/h1-3,6-7,10,13,17,19,21H,4-5,8-9,11-12,14-16H2,(H,26,28). The molecule has 152 valence electrons. The lowest BCUT2D eigenvalue weighted by atomic mass is 9.90. The number of nitrogens with one attached hydrogen (secondary N) is 1. The molecule has 0 radical (unpaired) electrons. The predicted octanol–water partition coefficient (Wildman–Crippen LogP) is 3.85. The third-order valence-corrected chi connectivity index (χ3v) is 6.20. The molecule has 1 aliphatic heterocycles. The Morgan fingerprint density at radius 2 is 1.72 bits per heavy atom. The van der Waals surface area contributed by atoms with Crippen LogP contribution in [0.5, 0.6) is 0 Å². The molecule has 2 heterocycles. The Kier molecular flexibility index (Phi) is 6.23. The zero-order valence-electron chi connectivity index (χ0n) is 16.8. The molecule has 0 unspecified atom stereocenters. The van der Waals surface area contributed by atoms with Crippen molar-refractivity contribution in [2.45, 2.75) is 51.0 Å². The monoisotopic (exact) mass is 391 g/mol. The van der Waals surface area contributed by atoms with E-state index in [-0.39, 0.29) is 17.9 Å². The van der Waals surface area contributed by atoms with Crippen molar-refractivity contribution in [3.05, 3.63) is 65.5 Å². The number of amides is 2. The minimum absolute atomic E-state index is 0.000442. The summed E-state index contributed by atoms with van der Waals surface area (Å²) in [6.45, 7) is 1.53. The third-order valence-electron chi connectivity index (χ3n) is 6.20. The van der Waals surface area contributed by atoms with Crippen LogP contribution in [0.4, 0.5) is 0 Å². The van der Waals surface area contributed by atoms with E-state index in [0.29, 0.717) is 17.2 Å². The van der Waals surface area contributed by atoms with Gasteiger partial charge in [-0.1, -0.05) is 43.2 Å². The first-order chi connectivity index (χ1) is 14.2. The molecule has 1 aromatic heterocycles. The minimum Gasteiger partial charge on any atom is -0.348 e. The van der Waals surface area contributed by atoms with Gasteiger partial charge in [-0.05, 0) is 55.7 Å². The number of aromatic nitrogens is 1. The SMILES string of the molecule is O=C(NC1CCCC1)c1cc(C(=O)N2CCC(Cc3ccccc3)CC2)ccn1. The fourth-order valence-corrected chi connectivity index (χ4v) is 4.49. The van der Waals surface area contributed by atoms with Gasteiger partial charge in [0.2, 0.25) is 0 Å². The topological polar surface area (TPSA) is 62.3 Å². The summed E-state index contributed by atoms with van der Waals surface area (Å²) in [5.74, 6) is 0.445. The molecule has 4 rings (SSSR count). The van der Waals surface area contributed by atoms with E-state index < -0.39 is 0 Å². The van der Waals surface area contributed by atoms with Gasteiger partial charge in [-0.25, -0.2) is 0 Å². The lowest BCUT2D eigenvalue weighted by Crippen LogP contribution is -2.39. The molecule has 5 nitrogen and oxygen atoms in total. The summed E-state index contributed by atoms with van der Waals surface area (Å²) in [6.07, 6.45) is 9.06. The van der Waals surface area contributed by atoms with Gasteiger partial charge in [0, 0.05) is 30.9 Å². The van der Waals surface area contributed by atoms with Crippen molar-refractivity contribution in [2.24, 2.45) is 5.92 Å². The van der Waals surface area contributed by atoms with Crippen molar-refractivity contribution in [3.63, 3.8) is 0 Å². The van der Waals surface area contributed by atoms with Crippen molar-refractivity contribution >= 4 is 11.8 Å². The minimum atomic E-state index is -0.173. The summed E-state index contributed by atoms with van der Waals surface area (Å²) < 4.78 is 0. The highest BCUT2D eigenvalue weighted by Gasteiger charge is 2.25. The van der Waals surface area contributed by atoms with Crippen molar-refractivity contribution in [2.75, 3.05) is 13.1 Å². The van der Waals surface area contributed by atoms with Crippen LogP contribution in [0.2, 0.25) is 0 Å². The second-order valence-electron chi connectivity index (χ2n) is 8.31. The van der Waals surface area contributed by atoms with E-state index in [2.05, 4.69) is 34.6 Å². The molecule has 2 aromatic rings. The molecule has 0 spiro atoms. The quantitative estimate of drug-likeness (QED) is 0.842. The van der Waals surface area contributed by atoms with Gasteiger partial charge in [0.25, 0.3) is 11.8 Å². The predicted molar refractivity (Wildman–Crippen MR) is 113 cm³/mol. The van der Waals surface area contributed by atoms with E-state index in [9.17, 15) is 9.59 Å². The average molecular weight is 392 g/mol. The lowest BCUT2D eigenvalue weighted by Gasteiger charge is -2.32. The summed E-state index contributed by atoms with van der Waals surface area (Å²) in [5, 5.41) is 3.04. The summed E-state index contributed by atoms with van der Waals surface area (Å²) in [4.78, 5) is 31.5. The fraction of sp³-hybridized carbons (Fsp3) is 0.458. The fourth-order valence-electron chi connectivity index (χ4n) is 4.49.